The van der Waals surface area contributed by atoms with Gasteiger partial charge in [-0.3, -0.25) is 0 Å². The smallest absolute Gasteiger partial charge is 0.344 e. The second kappa shape index (κ2) is 31.1. The van der Waals surface area contributed by atoms with Crippen LogP contribution in [0, 0.1) is 0 Å². The van der Waals surface area contributed by atoms with Gasteiger partial charge in [0.25, 0.3) is 0 Å². The van der Waals surface area contributed by atoms with Gasteiger partial charge < -0.3 is 57.9 Å². The van der Waals surface area contributed by atoms with Crippen LogP contribution < -0.4 is 0 Å². The minimum atomic E-state index is -2.60. The van der Waals surface area contributed by atoms with Gasteiger partial charge in [-0.25, -0.2) is 0 Å². The highest BCUT2D eigenvalue weighted by Crippen LogP contribution is 2.34. The molecule has 0 radical (unpaired) electrons. The van der Waals surface area contributed by atoms with E-state index in [0.717, 1.165) is 0 Å². The summed E-state index contributed by atoms with van der Waals surface area (Å²) >= 11 is 0. The lowest BCUT2D eigenvalue weighted by Gasteiger charge is -2.46. The van der Waals surface area contributed by atoms with Crippen molar-refractivity contribution in [1.82, 2.24) is 0 Å². The topological polar surface area (TPSA) is 129 Å². The zero-order valence-corrected chi connectivity index (χ0v) is 70.6. The lowest BCUT2D eigenvalue weighted by atomic mass is 11.3. The summed E-state index contributed by atoms with van der Waals surface area (Å²) in [5, 5.41) is 0. The maximum absolute atomic E-state index is 6.34. The Labute approximate surface area is 496 Å². The van der Waals surface area contributed by atoms with E-state index in [1.54, 1.807) is 29.9 Å². The van der Waals surface area contributed by atoms with E-state index in [2.05, 4.69) is 197 Å². The van der Waals surface area contributed by atoms with Gasteiger partial charge in [-0.15, -0.1) is 65.8 Å². The predicted molar refractivity (Wildman–Crippen MR) is 373 cm³/mol. The molecule has 454 valence electrons. The molecule has 2 saturated heterocycles. The molecule has 14 nitrogen and oxygen atoms in total. The molecular formula is C48H114O14Si16. The Morgan fingerprint density at radius 3 is 0.667 bits per heavy atom. The van der Waals surface area contributed by atoms with E-state index in [1.165, 1.54) is 0 Å². The van der Waals surface area contributed by atoms with Gasteiger partial charge in [0.2, 0.25) is 0 Å². The van der Waals surface area contributed by atoms with Gasteiger partial charge in [0.15, 0.2) is 41.6 Å². The summed E-state index contributed by atoms with van der Waals surface area (Å²) in [6.07, 6.45) is 0. The summed E-state index contributed by atoms with van der Waals surface area (Å²) in [6, 6.07) is 0. The lowest BCUT2D eigenvalue weighted by molar-refractivity contribution is 0.238. The minimum absolute atomic E-state index is 1.58. The largest absolute Gasteiger partial charge is 0.449 e. The van der Waals surface area contributed by atoms with Gasteiger partial charge >= 0.3 is 94.2 Å². The first-order valence-electron chi connectivity index (χ1n) is 26.4. The zero-order chi connectivity index (χ0) is 63.0. The van der Waals surface area contributed by atoms with Gasteiger partial charge in [-0.05, 0) is 177 Å². The van der Waals surface area contributed by atoms with E-state index >= 15 is 0 Å². The average molecular weight is 1360 g/mol. The summed E-state index contributed by atoms with van der Waals surface area (Å²) in [6.45, 7) is 94.2. The van der Waals surface area contributed by atoms with E-state index in [4.69, 9.17) is 57.9 Å². The van der Waals surface area contributed by atoms with Crippen LogP contribution in [-0.4, -0.2) is 143 Å². The van der Waals surface area contributed by atoms with Gasteiger partial charge in [0, 0.05) is 7.11 Å². The van der Waals surface area contributed by atoms with Crippen LogP contribution in [-0.2, 0) is 57.9 Å². The Hall–Kier alpha value is 0.310. The molecule has 1 atom stereocenters. The molecule has 2 aliphatic heterocycles. The Balaban J connectivity index is -0.000000922. The highest BCUT2D eigenvalue weighted by molar-refractivity contribution is 6.99. The summed E-state index contributed by atoms with van der Waals surface area (Å²) in [5.41, 5.74) is 18.6. The van der Waals surface area contributed by atoms with Crippen LogP contribution >= 0.6 is 0 Å². The van der Waals surface area contributed by atoms with Crippen LogP contribution in [0.4, 0.5) is 0 Å². The second-order valence-corrected chi connectivity index (χ2v) is 83.2. The third kappa shape index (κ3) is 34.9. The molecule has 0 N–H and O–H groups in total. The van der Waals surface area contributed by atoms with Crippen LogP contribution in [0.3, 0.4) is 0 Å². The third-order valence-corrected chi connectivity index (χ3v) is 68.8. The third-order valence-electron chi connectivity index (χ3n) is 10.8. The average Bonchev–Trinajstić information content (AvgIpc) is 3.23. The molecule has 0 saturated carbocycles. The zero-order valence-electron chi connectivity index (χ0n) is 54.6. The molecule has 78 heavy (non-hydrogen) atoms. The fourth-order valence-corrected chi connectivity index (χ4v) is 74.0. The van der Waals surface area contributed by atoms with E-state index < -0.39 is 136 Å². The van der Waals surface area contributed by atoms with Crippen molar-refractivity contribution < 1.29 is 57.9 Å². The van der Waals surface area contributed by atoms with Crippen LogP contribution in [0.15, 0.2) is 123 Å². The van der Waals surface area contributed by atoms with Crippen molar-refractivity contribution in [2.75, 3.05) is 7.11 Å². The summed E-state index contributed by atoms with van der Waals surface area (Å²) in [4.78, 5) is 0. The molecule has 0 amide bonds. The van der Waals surface area contributed by atoms with Crippen molar-refractivity contribution >= 4 is 136 Å². The minimum Gasteiger partial charge on any atom is -0.449 e. The van der Waals surface area contributed by atoms with Crippen LogP contribution in [0.2, 0.25) is 177 Å². The Bertz CT molecular complexity index is 1850. The van der Waals surface area contributed by atoms with Crippen molar-refractivity contribution in [3.63, 3.8) is 0 Å². The molecule has 2 fully saturated rings. The van der Waals surface area contributed by atoms with Crippen molar-refractivity contribution in [1.29, 1.82) is 0 Å². The fraction of sp³-hybridized carbons (Fsp3) is 0.583. The molecule has 2 aliphatic rings. The molecular weight excluding hydrogens is 1250 g/mol. The SMILES string of the molecule is C=C[Si](C)(C)O[Si](C)(C)C=C.C=C[Si](C)(C)O[Si](C)(C)OC.C=C[Si](C)(C)O[Si](C)(C)O[Si](C)(C=C)O[Si](C)(C)C=C.C=C[Si]1(C)O[Si](C)(C=C)O[Si](C)(C=C)O[Si](C)(C=C)O1.C[Si]1(C)O[Si](C)(C)O[Si](C)(C)O[Si](C)(C)O1. The molecule has 0 aliphatic carbocycles. The first-order chi connectivity index (χ1) is 34.4. The van der Waals surface area contributed by atoms with E-state index in [1.807, 2.05) is 80.0 Å². The Morgan fingerprint density at radius 2 is 0.474 bits per heavy atom. The molecule has 30 heteroatoms. The Kier molecular flexibility index (Phi) is 32.9. The van der Waals surface area contributed by atoms with Crippen molar-refractivity contribution in [3.05, 3.63) is 123 Å². The highest BCUT2D eigenvalue weighted by Gasteiger charge is 2.54. The highest BCUT2D eigenvalue weighted by atomic mass is 28.5. The molecule has 0 aromatic carbocycles. The molecule has 0 aromatic rings. The normalized spacial score (nSPS) is 26.1. The Morgan fingerprint density at radius 1 is 0.269 bits per heavy atom. The van der Waals surface area contributed by atoms with E-state index in [0.29, 0.717) is 0 Å². The van der Waals surface area contributed by atoms with Crippen LogP contribution in [0.5, 0.6) is 0 Å². The van der Waals surface area contributed by atoms with Gasteiger partial charge in [-0.2, -0.15) is 0 Å². The summed E-state index contributed by atoms with van der Waals surface area (Å²) in [5.74, 6) is 0. The second-order valence-electron chi connectivity index (χ2n) is 25.1. The maximum atomic E-state index is 6.34. The number of hydrogen-bond donors (Lipinski definition) is 0. The van der Waals surface area contributed by atoms with E-state index in [9.17, 15) is 0 Å². The fourth-order valence-electron chi connectivity index (χ4n) is 7.81. The monoisotopic (exact) mass is 1360 g/mol. The first kappa shape index (κ1) is 82.5. The predicted octanol–water partition coefficient (Wildman–Crippen LogP) is 15.7. The van der Waals surface area contributed by atoms with Crippen molar-refractivity contribution in [2.24, 2.45) is 0 Å². The van der Waals surface area contributed by atoms with Gasteiger partial charge in [0.1, 0.15) is 0 Å². The first-order valence-corrected chi connectivity index (χ1v) is 70.2. The molecule has 0 spiro atoms. The number of hydrogen-bond acceptors (Lipinski definition) is 14. The lowest BCUT2D eigenvalue weighted by Crippen LogP contribution is -2.65. The van der Waals surface area contributed by atoms with Crippen LogP contribution in [0.1, 0.15) is 0 Å². The molecule has 2 rings (SSSR count). The van der Waals surface area contributed by atoms with Gasteiger partial charge in [-0.1, -0.05) is 57.0 Å². The summed E-state index contributed by atoms with van der Waals surface area (Å²) < 4.78 is 85.6. The quantitative estimate of drug-likeness (QED) is 0.101. The molecule has 2 heterocycles. The number of rotatable bonds is 21. The van der Waals surface area contributed by atoms with Gasteiger partial charge in [0.05, 0.1) is 0 Å². The van der Waals surface area contributed by atoms with Crippen molar-refractivity contribution in [2.45, 2.75) is 177 Å². The maximum Gasteiger partial charge on any atom is 0.344 e. The molecule has 0 aromatic heterocycles. The van der Waals surface area contributed by atoms with Crippen molar-refractivity contribution in [3.8, 4) is 0 Å². The van der Waals surface area contributed by atoms with Crippen LogP contribution in [0.25, 0.3) is 0 Å². The summed E-state index contributed by atoms with van der Waals surface area (Å²) in [7, 11) is -32.3. The molecule has 1 unspecified atom stereocenters. The molecule has 0 bridgehead atoms. The van der Waals surface area contributed by atoms with E-state index in [-0.39, 0.29) is 0 Å². The standard InChI is InChI=1S/C13H30O3Si4.C12H24O4Si4.C8H24O4Si4.C8H18OSi2.C7H18O2Si2/c1-11-17(4,5)14-19(8,9)16-20(10,13-3)15-18(6,7)12-2;1-9-17(5)13-18(6,10-2)15-20(8,12-4)16-19(7,11-3)14-17;1-13(2)9-14(3,4)11-16(7,8)12-15(5,6)10-13;2*1-7-10(3,4)9-11(5,6)8-2/h11-13H,1-3H2,4-10H3;9-12H,1-4H2,5-8H3;1-8H3;7-8H,1-2H2,3-6H3;7H,1H2,2-6H3.